The van der Waals surface area contributed by atoms with Gasteiger partial charge in [-0.3, -0.25) is 4.79 Å². The van der Waals surface area contributed by atoms with E-state index in [0.29, 0.717) is 23.5 Å². The molecular formula is C16H18N2O3. The zero-order valence-electron chi connectivity index (χ0n) is 12.1. The fourth-order valence-corrected chi connectivity index (χ4v) is 1.94. The number of nitrogens with two attached hydrogens (primary N) is 1. The molecule has 0 atom stereocenters. The molecule has 0 bridgehead atoms. The van der Waals surface area contributed by atoms with E-state index in [1.807, 2.05) is 24.3 Å². The number of nitrogens with one attached hydrogen (secondary N) is 1. The van der Waals surface area contributed by atoms with Crippen molar-refractivity contribution in [2.45, 2.75) is 6.54 Å². The third-order valence-electron chi connectivity index (χ3n) is 3.14. The number of amides is 1. The predicted molar refractivity (Wildman–Crippen MR) is 81.6 cm³/mol. The number of carbonyl (C=O) groups is 1. The van der Waals surface area contributed by atoms with E-state index >= 15 is 0 Å². The molecule has 0 saturated heterocycles. The highest BCUT2D eigenvalue weighted by Crippen LogP contribution is 2.24. The summed E-state index contributed by atoms with van der Waals surface area (Å²) in [5.41, 5.74) is 7.62. The SMILES string of the molecule is COc1ccc(CNC(=O)c2cccc(OC)c2N)cc1. The Morgan fingerprint density at radius 2 is 1.81 bits per heavy atom. The van der Waals surface area contributed by atoms with Crippen LogP contribution in [0.4, 0.5) is 5.69 Å². The third-order valence-corrected chi connectivity index (χ3v) is 3.14. The molecule has 21 heavy (non-hydrogen) atoms. The molecule has 0 fully saturated rings. The lowest BCUT2D eigenvalue weighted by molar-refractivity contribution is 0.0951. The molecule has 0 aliphatic rings. The lowest BCUT2D eigenvalue weighted by Gasteiger charge is -2.10. The maximum atomic E-state index is 12.2. The second-order valence-electron chi connectivity index (χ2n) is 4.45. The molecule has 0 spiro atoms. The number of hydrogen-bond acceptors (Lipinski definition) is 4. The number of para-hydroxylation sites is 1. The van der Waals surface area contributed by atoms with Crippen LogP contribution in [0.15, 0.2) is 42.5 Å². The van der Waals surface area contributed by atoms with Crippen molar-refractivity contribution in [3.63, 3.8) is 0 Å². The van der Waals surface area contributed by atoms with E-state index in [2.05, 4.69) is 5.32 Å². The molecule has 5 heteroatoms. The first-order valence-corrected chi connectivity index (χ1v) is 6.49. The maximum Gasteiger partial charge on any atom is 0.253 e. The summed E-state index contributed by atoms with van der Waals surface area (Å²) in [6.07, 6.45) is 0. The molecule has 0 aliphatic heterocycles. The Balaban J connectivity index is 2.04. The zero-order valence-corrected chi connectivity index (χ0v) is 12.1. The number of benzene rings is 2. The summed E-state index contributed by atoms with van der Waals surface area (Å²) in [5.74, 6) is 1.04. The van der Waals surface area contributed by atoms with E-state index in [0.717, 1.165) is 11.3 Å². The smallest absolute Gasteiger partial charge is 0.253 e. The minimum absolute atomic E-state index is 0.234. The van der Waals surface area contributed by atoms with E-state index < -0.39 is 0 Å². The molecule has 2 aromatic rings. The van der Waals surface area contributed by atoms with Crippen LogP contribution in [0.5, 0.6) is 11.5 Å². The van der Waals surface area contributed by atoms with Crippen LogP contribution in [-0.4, -0.2) is 20.1 Å². The van der Waals surface area contributed by atoms with Gasteiger partial charge in [-0.1, -0.05) is 18.2 Å². The van der Waals surface area contributed by atoms with Gasteiger partial charge in [0.05, 0.1) is 25.5 Å². The van der Waals surface area contributed by atoms with Crippen molar-refractivity contribution in [2.75, 3.05) is 20.0 Å². The van der Waals surface area contributed by atoms with Gasteiger partial charge in [0.15, 0.2) is 0 Å². The molecular weight excluding hydrogens is 268 g/mol. The summed E-state index contributed by atoms with van der Waals surface area (Å²) in [7, 11) is 3.13. The number of methoxy groups -OCH3 is 2. The predicted octanol–water partition coefficient (Wildman–Crippen LogP) is 2.22. The lowest BCUT2D eigenvalue weighted by Crippen LogP contribution is -2.23. The van der Waals surface area contributed by atoms with Crippen LogP contribution in [0.3, 0.4) is 0 Å². The van der Waals surface area contributed by atoms with Gasteiger partial charge in [0.1, 0.15) is 11.5 Å². The van der Waals surface area contributed by atoms with E-state index in [-0.39, 0.29) is 5.91 Å². The molecule has 3 N–H and O–H groups in total. The first-order valence-electron chi connectivity index (χ1n) is 6.49. The second kappa shape index (κ2) is 6.65. The van der Waals surface area contributed by atoms with E-state index in [9.17, 15) is 4.79 Å². The maximum absolute atomic E-state index is 12.2. The molecule has 0 radical (unpaired) electrons. The molecule has 5 nitrogen and oxygen atoms in total. The lowest BCUT2D eigenvalue weighted by atomic mass is 10.1. The van der Waals surface area contributed by atoms with Gasteiger partial charge in [-0.05, 0) is 29.8 Å². The van der Waals surface area contributed by atoms with Crippen LogP contribution >= 0.6 is 0 Å². The second-order valence-corrected chi connectivity index (χ2v) is 4.45. The van der Waals surface area contributed by atoms with Gasteiger partial charge >= 0.3 is 0 Å². The topological polar surface area (TPSA) is 73.6 Å². The normalized spacial score (nSPS) is 10.0. The summed E-state index contributed by atoms with van der Waals surface area (Å²) in [6, 6.07) is 12.6. The number of nitrogen functional groups attached to an aromatic ring is 1. The Morgan fingerprint density at radius 3 is 2.43 bits per heavy atom. The number of rotatable bonds is 5. The van der Waals surface area contributed by atoms with Gasteiger partial charge < -0.3 is 20.5 Å². The van der Waals surface area contributed by atoms with Crippen LogP contribution in [0, 0.1) is 0 Å². The van der Waals surface area contributed by atoms with Crippen molar-refractivity contribution in [1.82, 2.24) is 5.32 Å². The van der Waals surface area contributed by atoms with Gasteiger partial charge in [-0.25, -0.2) is 0 Å². The third kappa shape index (κ3) is 3.45. The van der Waals surface area contributed by atoms with Crippen molar-refractivity contribution in [3.8, 4) is 11.5 Å². The van der Waals surface area contributed by atoms with Gasteiger partial charge in [0.2, 0.25) is 0 Å². The Hall–Kier alpha value is -2.69. The van der Waals surface area contributed by atoms with Gasteiger partial charge in [-0.2, -0.15) is 0 Å². The summed E-state index contributed by atoms with van der Waals surface area (Å²) in [4.78, 5) is 12.2. The number of hydrogen-bond donors (Lipinski definition) is 2. The average molecular weight is 286 g/mol. The fourth-order valence-electron chi connectivity index (χ4n) is 1.94. The molecule has 0 unspecified atom stereocenters. The van der Waals surface area contributed by atoms with E-state index in [1.54, 1.807) is 25.3 Å². The standard InChI is InChI=1S/C16H18N2O3/c1-20-12-8-6-11(7-9-12)10-18-16(19)13-4-3-5-14(21-2)15(13)17/h3-9H,10,17H2,1-2H3,(H,18,19). The Kier molecular flexibility index (Phi) is 4.66. The van der Waals surface area contributed by atoms with Crippen molar-refractivity contribution >= 4 is 11.6 Å². The number of carbonyl (C=O) groups excluding carboxylic acids is 1. The zero-order chi connectivity index (χ0) is 15.2. The highest BCUT2D eigenvalue weighted by Gasteiger charge is 2.12. The molecule has 110 valence electrons. The van der Waals surface area contributed by atoms with Crippen LogP contribution < -0.4 is 20.5 Å². The average Bonchev–Trinajstić information content (AvgIpc) is 2.53. The first-order chi connectivity index (χ1) is 10.2. The number of ether oxygens (including phenoxy) is 2. The summed E-state index contributed by atoms with van der Waals surface area (Å²) < 4.78 is 10.2. The monoisotopic (exact) mass is 286 g/mol. The Bertz CT molecular complexity index is 624. The molecule has 0 saturated carbocycles. The fraction of sp³-hybridized carbons (Fsp3) is 0.188. The summed E-state index contributed by atoms with van der Waals surface area (Å²) in [5, 5.41) is 2.83. The summed E-state index contributed by atoms with van der Waals surface area (Å²) >= 11 is 0. The molecule has 0 aromatic heterocycles. The highest BCUT2D eigenvalue weighted by atomic mass is 16.5. The van der Waals surface area contributed by atoms with Crippen molar-refractivity contribution in [1.29, 1.82) is 0 Å². The van der Waals surface area contributed by atoms with Crippen LogP contribution in [-0.2, 0) is 6.54 Å². The van der Waals surface area contributed by atoms with E-state index in [1.165, 1.54) is 7.11 Å². The van der Waals surface area contributed by atoms with E-state index in [4.69, 9.17) is 15.2 Å². The van der Waals surface area contributed by atoms with Crippen molar-refractivity contribution < 1.29 is 14.3 Å². The minimum atomic E-state index is -0.234. The Labute approximate surface area is 123 Å². The van der Waals surface area contributed by atoms with Crippen molar-refractivity contribution in [2.24, 2.45) is 0 Å². The van der Waals surface area contributed by atoms with Crippen LogP contribution in [0.25, 0.3) is 0 Å². The highest BCUT2D eigenvalue weighted by molar-refractivity contribution is 6.00. The van der Waals surface area contributed by atoms with Gasteiger partial charge in [0, 0.05) is 6.54 Å². The first kappa shape index (κ1) is 14.7. The minimum Gasteiger partial charge on any atom is -0.497 e. The molecule has 2 aromatic carbocycles. The largest absolute Gasteiger partial charge is 0.497 e. The Morgan fingerprint density at radius 1 is 1.10 bits per heavy atom. The van der Waals surface area contributed by atoms with Crippen LogP contribution in [0.2, 0.25) is 0 Å². The quantitative estimate of drug-likeness (QED) is 0.827. The summed E-state index contributed by atoms with van der Waals surface area (Å²) in [6.45, 7) is 0.416. The molecule has 0 aliphatic carbocycles. The van der Waals surface area contributed by atoms with Crippen LogP contribution in [0.1, 0.15) is 15.9 Å². The molecule has 1 amide bonds. The number of anilines is 1. The molecule has 2 rings (SSSR count). The van der Waals surface area contributed by atoms with Crippen molar-refractivity contribution in [3.05, 3.63) is 53.6 Å². The van der Waals surface area contributed by atoms with Gasteiger partial charge in [-0.15, -0.1) is 0 Å². The molecule has 0 heterocycles. The van der Waals surface area contributed by atoms with Gasteiger partial charge in [0.25, 0.3) is 5.91 Å².